The zero-order chi connectivity index (χ0) is 18.7. The van der Waals surface area contributed by atoms with Gasteiger partial charge >= 0.3 is 0 Å². The number of nitrogens with two attached hydrogens (primary N) is 1. The molecule has 8 nitrogen and oxygen atoms in total. The molecule has 0 spiro atoms. The van der Waals surface area contributed by atoms with E-state index in [4.69, 9.17) is 5.73 Å². The first-order chi connectivity index (χ1) is 12.5. The number of hydrogen-bond donors (Lipinski definition) is 3. The Morgan fingerprint density at radius 3 is 2.81 bits per heavy atom. The summed E-state index contributed by atoms with van der Waals surface area (Å²) in [6.45, 7) is 3.01. The quantitative estimate of drug-likeness (QED) is 0.767. The molecule has 1 atom stereocenters. The molecule has 0 saturated carbocycles. The van der Waals surface area contributed by atoms with E-state index in [0.29, 0.717) is 17.3 Å². The van der Waals surface area contributed by atoms with Crippen LogP contribution in [-0.2, 0) is 0 Å². The van der Waals surface area contributed by atoms with E-state index in [-0.39, 0.29) is 11.3 Å². The van der Waals surface area contributed by atoms with E-state index in [1.165, 1.54) is 12.6 Å². The molecule has 136 valence electrons. The molecule has 2 amide bonds. The maximum Gasteiger partial charge on any atom is 0.275 e. The number of primary amides is 1. The molecule has 8 heteroatoms. The summed E-state index contributed by atoms with van der Waals surface area (Å²) in [5.74, 6) is -1.05. The van der Waals surface area contributed by atoms with Crippen LogP contribution >= 0.6 is 0 Å². The van der Waals surface area contributed by atoms with Gasteiger partial charge in [0, 0.05) is 24.3 Å². The van der Waals surface area contributed by atoms with Crippen molar-refractivity contribution in [2.45, 2.75) is 32.2 Å². The van der Waals surface area contributed by atoms with Gasteiger partial charge < -0.3 is 20.9 Å². The Labute approximate surface area is 150 Å². The first kappa shape index (κ1) is 17.7. The van der Waals surface area contributed by atoms with E-state index in [0.717, 1.165) is 31.3 Å². The van der Waals surface area contributed by atoms with Crippen LogP contribution in [-0.4, -0.2) is 34.4 Å². The number of aromatic nitrogens is 2. The second kappa shape index (κ2) is 7.38. The zero-order valence-electron chi connectivity index (χ0n) is 14.5. The molecule has 1 aromatic heterocycles. The third-order valence-corrected chi connectivity index (χ3v) is 4.55. The van der Waals surface area contributed by atoms with Gasteiger partial charge in [0.2, 0.25) is 5.91 Å². The van der Waals surface area contributed by atoms with Crippen LogP contribution in [0.2, 0.25) is 0 Å². The molecule has 3 rings (SSSR count). The number of H-pyrrole nitrogens is 1. The van der Waals surface area contributed by atoms with Crippen LogP contribution in [0.25, 0.3) is 0 Å². The molecule has 0 radical (unpaired) electrons. The monoisotopic (exact) mass is 355 g/mol. The Kier molecular flexibility index (Phi) is 5.01. The Hall–Kier alpha value is -3.16. The van der Waals surface area contributed by atoms with Crippen LogP contribution in [0.3, 0.4) is 0 Å². The van der Waals surface area contributed by atoms with Crippen LogP contribution in [0.1, 0.15) is 47.0 Å². The molecule has 2 heterocycles. The summed E-state index contributed by atoms with van der Waals surface area (Å²) in [5, 5.41) is 2.79. The topological polar surface area (TPSA) is 121 Å². The number of hydrogen-bond acceptors (Lipinski definition) is 5. The summed E-state index contributed by atoms with van der Waals surface area (Å²) in [5.41, 5.74) is 6.70. The van der Waals surface area contributed by atoms with Crippen molar-refractivity contribution in [2.24, 2.45) is 5.73 Å². The smallest absolute Gasteiger partial charge is 0.275 e. The molecule has 4 N–H and O–H groups in total. The fourth-order valence-electron chi connectivity index (χ4n) is 3.15. The summed E-state index contributed by atoms with van der Waals surface area (Å²) in [6, 6.07) is 5.36. The van der Waals surface area contributed by atoms with E-state index in [2.05, 4.69) is 27.1 Å². The molecular weight excluding hydrogens is 334 g/mol. The Morgan fingerprint density at radius 1 is 1.35 bits per heavy atom. The number of nitrogens with one attached hydrogen (secondary N) is 2. The largest absolute Gasteiger partial charge is 0.367 e. The van der Waals surface area contributed by atoms with Gasteiger partial charge in [-0.15, -0.1) is 0 Å². The number of anilines is 2. The van der Waals surface area contributed by atoms with Gasteiger partial charge in [-0.1, -0.05) is 0 Å². The highest BCUT2D eigenvalue weighted by Crippen LogP contribution is 2.32. The minimum Gasteiger partial charge on any atom is -0.367 e. The first-order valence-electron chi connectivity index (χ1n) is 8.52. The van der Waals surface area contributed by atoms with Crippen LogP contribution in [0.4, 0.5) is 11.4 Å². The van der Waals surface area contributed by atoms with Crippen molar-refractivity contribution >= 4 is 23.2 Å². The molecule has 1 fully saturated rings. The third-order valence-electron chi connectivity index (χ3n) is 4.55. The fraction of sp³-hybridized carbons (Fsp3) is 0.333. The maximum absolute atomic E-state index is 12.5. The van der Waals surface area contributed by atoms with Gasteiger partial charge in [-0.05, 0) is 44.4 Å². The Morgan fingerprint density at radius 2 is 2.15 bits per heavy atom. The standard InChI is InChI=1S/C18H21N5O3/c1-11-4-2-3-7-23(11)15-6-5-12(17(19)25)8-13(15)22-18(26)14-9-21-16(24)10-20-14/h5-6,8-11H,2-4,7H2,1H3,(H2,19,25)(H,21,24)(H,22,26)/t11-/m1/s1. The second-order valence-corrected chi connectivity index (χ2v) is 6.38. The van der Waals surface area contributed by atoms with Crippen LogP contribution in [0.15, 0.2) is 35.4 Å². The highest BCUT2D eigenvalue weighted by molar-refractivity contribution is 6.05. The van der Waals surface area contributed by atoms with Gasteiger partial charge in [-0.3, -0.25) is 14.4 Å². The van der Waals surface area contributed by atoms with E-state index in [1.807, 2.05) is 0 Å². The van der Waals surface area contributed by atoms with Crippen molar-refractivity contribution in [1.82, 2.24) is 9.97 Å². The first-order valence-corrected chi connectivity index (χ1v) is 8.52. The molecule has 1 saturated heterocycles. The number of amides is 2. The highest BCUT2D eigenvalue weighted by atomic mass is 16.2. The molecule has 1 aromatic carbocycles. The van der Waals surface area contributed by atoms with Crippen LogP contribution in [0.5, 0.6) is 0 Å². The number of carbonyl (C=O) groups excluding carboxylic acids is 2. The van der Waals surface area contributed by atoms with E-state index >= 15 is 0 Å². The summed E-state index contributed by atoms with van der Waals surface area (Å²) in [6.07, 6.45) is 5.59. The van der Waals surface area contributed by atoms with Gasteiger partial charge in [-0.25, -0.2) is 4.98 Å². The number of piperidine rings is 1. The summed E-state index contributed by atoms with van der Waals surface area (Å²) < 4.78 is 0. The van der Waals surface area contributed by atoms with Gasteiger partial charge in [-0.2, -0.15) is 0 Å². The lowest BCUT2D eigenvalue weighted by Gasteiger charge is -2.36. The Bertz CT molecular complexity index is 872. The zero-order valence-corrected chi connectivity index (χ0v) is 14.5. The van der Waals surface area contributed by atoms with Crippen molar-refractivity contribution in [1.29, 1.82) is 0 Å². The minimum atomic E-state index is -0.569. The molecule has 0 aliphatic carbocycles. The number of rotatable bonds is 4. The normalized spacial score (nSPS) is 17.0. The molecule has 2 aromatic rings. The summed E-state index contributed by atoms with van der Waals surface area (Å²) in [4.78, 5) is 43.6. The molecule has 0 bridgehead atoms. The fourth-order valence-corrected chi connectivity index (χ4v) is 3.15. The van der Waals surface area contributed by atoms with Gasteiger partial charge in [0.1, 0.15) is 5.69 Å². The van der Waals surface area contributed by atoms with E-state index in [1.54, 1.807) is 18.2 Å². The summed E-state index contributed by atoms with van der Waals surface area (Å²) in [7, 11) is 0. The van der Waals surface area contributed by atoms with Crippen molar-refractivity contribution in [2.75, 3.05) is 16.8 Å². The lowest BCUT2D eigenvalue weighted by Crippen LogP contribution is -2.38. The predicted molar refractivity (Wildman–Crippen MR) is 98.4 cm³/mol. The Balaban J connectivity index is 1.95. The molecular formula is C18H21N5O3. The molecule has 1 aliphatic heterocycles. The van der Waals surface area contributed by atoms with Gasteiger partial charge in [0.05, 0.1) is 17.6 Å². The van der Waals surface area contributed by atoms with E-state index < -0.39 is 11.8 Å². The second-order valence-electron chi connectivity index (χ2n) is 6.38. The van der Waals surface area contributed by atoms with Gasteiger partial charge in [0.25, 0.3) is 11.5 Å². The van der Waals surface area contributed by atoms with E-state index in [9.17, 15) is 14.4 Å². The van der Waals surface area contributed by atoms with Crippen LogP contribution < -0.4 is 21.5 Å². The third kappa shape index (κ3) is 3.74. The van der Waals surface area contributed by atoms with Crippen molar-refractivity contribution in [3.8, 4) is 0 Å². The number of benzene rings is 1. The lowest BCUT2D eigenvalue weighted by molar-refractivity contribution is 0.0995. The molecule has 26 heavy (non-hydrogen) atoms. The number of carbonyl (C=O) groups is 2. The van der Waals surface area contributed by atoms with Gasteiger partial charge in [0.15, 0.2) is 0 Å². The van der Waals surface area contributed by atoms with Crippen molar-refractivity contribution in [3.63, 3.8) is 0 Å². The number of aromatic amines is 1. The summed E-state index contributed by atoms with van der Waals surface area (Å²) >= 11 is 0. The average Bonchev–Trinajstić information content (AvgIpc) is 2.63. The SMILES string of the molecule is C[C@@H]1CCCCN1c1ccc(C(N)=O)cc1NC(=O)c1c[nH]c(=O)cn1. The number of nitrogens with zero attached hydrogens (tertiary/aromatic N) is 2. The predicted octanol–water partition coefficient (Wildman–Crippen LogP) is 1.50. The lowest BCUT2D eigenvalue weighted by atomic mass is 10.0. The van der Waals surface area contributed by atoms with Crippen molar-refractivity contribution < 1.29 is 9.59 Å². The highest BCUT2D eigenvalue weighted by Gasteiger charge is 2.23. The molecule has 0 unspecified atom stereocenters. The maximum atomic E-state index is 12.5. The van der Waals surface area contributed by atoms with Crippen LogP contribution in [0, 0.1) is 0 Å². The van der Waals surface area contributed by atoms with Crippen molar-refractivity contribution in [3.05, 3.63) is 52.2 Å². The average molecular weight is 355 g/mol. The molecule has 1 aliphatic rings. The minimum absolute atomic E-state index is 0.0757.